The van der Waals surface area contributed by atoms with Gasteiger partial charge < -0.3 is 29.4 Å². The SMILES string of the molecule is C[C@H]1C(=O)N(C)CCN1c1nc(Cl)c(Cl)c2c1C(=O)N1CCN(C(=O)O)C[C@@H]1CO2. The number of carboxylic acid groups (broad SMARTS) is 1. The smallest absolute Gasteiger partial charge is 0.407 e. The van der Waals surface area contributed by atoms with E-state index in [0.717, 1.165) is 0 Å². The van der Waals surface area contributed by atoms with Crippen molar-refractivity contribution >= 4 is 46.9 Å². The van der Waals surface area contributed by atoms with E-state index in [9.17, 15) is 19.5 Å². The Labute approximate surface area is 182 Å². The van der Waals surface area contributed by atoms with Crippen LogP contribution in [0, 0.1) is 0 Å². The van der Waals surface area contributed by atoms with E-state index in [4.69, 9.17) is 27.9 Å². The number of halogens is 2. The molecule has 4 rings (SSSR count). The molecule has 3 aliphatic rings. The maximum atomic E-state index is 13.5. The number of hydrogen-bond donors (Lipinski definition) is 1. The number of carbonyl (C=O) groups is 3. The van der Waals surface area contributed by atoms with Crippen LogP contribution in [0.5, 0.6) is 5.75 Å². The summed E-state index contributed by atoms with van der Waals surface area (Å²) in [7, 11) is 1.72. The topological polar surface area (TPSA) is 107 Å². The lowest BCUT2D eigenvalue weighted by Crippen LogP contribution is -2.58. The first-order valence-corrected chi connectivity index (χ1v) is 10.3. The number of anilines is 1. The average Bonchev–Trinajstić information content (AvgIpc) is 2.86. The summed E-state index contributed by atoms with van der Waals surface area (Å²) in [5.74, 6) is -0.0961. The Hall–Kier alpha value is -2.46. The molecule has 0 aromatic carbocycles. The molecule has 3 amide bonds. The maximum Gasteiger partial charge on any atom is 0.407 e. The fourth-order valence-electron chi connectivity index (χ4n) is 4.10. The molecule has 0 aliphatic carbocycles. The summed E-state index contributed by atoms with van der Waals surface area (Å²) in [5, 5.41) is 9.30. The van der Waals surface area contributed by atoms with Gasteiger partial charge in [-0.3, -0.25) is 9.59 Å². The van der Waals surface area contributed by atoms with Crippen LogP contribution in [0.3, 0.4) is 0 Å². The zero-order chi connectivity index (χ0) is 21.7. The second-order valence-electron chi connectivity index (χ2n) is 7.57. The number of piperazine rings is 2. The standard InChI is InChI=1S/C18H21Cl2N5O5/c1-9-16(26)22(2)3-5-24(9)15-11-13(12(19)14(20)21-15)30-8-10-7-23(18(28)29)4-6-25(10)17(11)27/h9-10H,3-8H2,1-2H3,(H,28,29)/t9-,10+/m0/s1. The second-order valence-corrected chi connectivity index (χ2v) is 8.30. The summed E-state index contributed by atoms with van der Waals surface area (Å²) in [6.45, 7) is 3.28. The minimum absolute atomic E-state index is 0.0202. The van der Waals surface area contributed by atoms with E-state index < -0.39 is 18.2 Å². The first kappa shape index (κ1) is 20.8. The number of fused-ring (bicyclic) bond motifs is 2. The molecule has 3 aliphatic heterocycles. The number of pyridine rings is 1. The fraction of sp³-hybridized carbons (Fsp3) is 0.556. The minimum atomic E-state index is -1.04. The van der Waals surface area contributed by atoms with E-state index in [1.807, 2.05) is 0 Å². The molecule has 1 aromatic heterocycles. The minimum Gasteiger partial charge on any atom is -0.489 e. The van der Waals surface area contributed by atoms with Crippen LogP contribution in [0.4, 0.5) is 10.6 Å². The molecule has 0 saturated carbocycles. The lowest BCUT2D eigenvalue weighted by atomic mass is 10.1. The molecule has 0 bridgehead atoms. The Balaban J connectivity index is 1.77. The summed E-state index contributed by atoms with van der Waals surface area (Å²) in [4.78, 5) is 48.0. The van der Waals surface area contributed by atoms with E-state index in [1.165, 1.54) is 4.90 Å². The molecule has 4 heterocycles. The highest BCUT2D eigenvalue weighted by Crippen LogP contribution is 2.42. The van der Waals surface area contributed by atoms with E-state index in [-0.39, 0.29) is 65.4 Å². The lowest BCUT2D eigenvalue weighted by molar-refractivity contribution is -0.132. The number of nitrogens with zero attached hydrogens (tertiary/aromatic N) is 5. The molecule has 1 aromatic rings. The van der Waals surface area contributed by atoms with Crippen molar-refractivity contribution in [2.45, 2.75) is 19.0 Å². The van der Waals surface area contributed by atoms with Crippen LogP contribution in [-0.4, -0.2) is 101 Å². The summed E-state index contributed by atoms with van der Waals surface area (Å²) < 4.78 is 5.88. The molecule has 30 heavy (non-hydrogen) atoms. The fourth-order valence-corrected chi connectivity index (χ4v) is 4.46. The van der Waals surface area contributed by atoms with Crippen molar-refractivity contribution in [2.75, 3.05) is 51.3 Å². The van der Waals surface area contributed by atoms with Crippen LogP contribution >= 0.6 is 23.2 Å². The van der Waals surface area contributed by atoms with Crippen molar-refractivity contribution in [1.82, 2.24) is 19.7 Å². The second kappa shape index (κ2) is 7.66. The normalized spacial score (nSPS) is 24.3. The Morgan fingerprint density at radius 3 is 2.57 bits per heavy atom. The highest BCUT2D eigenvalue weighted by Gasteiger charge is 2.42. The van der Waals surface area contributed by atoms with Gasteiger partial charge in [-0.05, 0) is 6.92 Å². The average molecular weight is 458 g/mol. The van der Waals surface area contributed by atoms with Crippen LogP contribution in [0.25, 0.3) is 0 Å². The molecule has 12 heteroatoms. The van der Waals surface area contributed by atoms with Gasteiger partial charge in [0.25, 0.3) is 5.91 Å². The van der Waals surface area contributed by atoms with Gasteiger partial charge in [0.15, 0.2) is 10.9 Å². The molecule has 10 nitrogen and oxygen atoms in total. The van der Waals surface area contributed by atoms with E-state index in [0.29, 0.717) is 13.1 Å². The number of aromatic nitrogens is 1. The van der Waals surface area contributed by atoms with E-state index in [2.05, 4.69) is 4.98 Å². The monoisotopic (exact) mass is 457 g/mol. The van der Waals surface area contributed by atoms with Crippen molar-refractivity contribution in [3.8, 4) is 5.75 Å². The van der Waals surface area contributed by atoms with Crippen molar-refractivity contribution in [3.63, 3.8) is 0 Å². The third kappa shape index (κ3) is 3.27. The predicted molar refractivity (Wildman–Crippen MR) is 109 cm³/mol. The van der Waals surface area contributed by atoms with Crippen LogP contribution in [0.2, 0.25) is 10.2 Å². The van der Waals surface area contributed by atoms with Crippen molar-refractivity contribution in [3.05, 3.63) is 15.7 Å². The van der Waals surface area contributed by atoms with E-state index >= 15 is 0 Å². The number of amides is 3. The molecule has 0 spiro atoms. The Bertz CT molecular complexity index is 929. The largest absolute Gasteiger partial charge is 0.489 e. The van der Waals surface area contributed by atoms with Gasteiger partial charge in [-0.1, -0.05) is 23.2 Å². The number of carbonyl (C=O) groups excluding carboxylic acids is 2. The van der Waals surface area contributed by atoms with Crippen LogP contribution in [0.15, 0.2) is 0 Å². The Kier molecular flexibility index (Phi) is 5.31. The van der Waals surface area contributed by atoms with Gasteiger partial charge in [-0.2, -0.15) is 0 Å². The molecule has 2 saturated heterocycles. The van der Waals surface area contributed by atoms with Crippen LogP contribution in [0.1, 0.15) is 17.3 Å². The molecular formula is C18H21Cl2N5O5. The molecule has 0 unspecified atom stereocenters. The van der Waals surface area contributed by atoms with Crippen LogP contribution < -0.4 is 9.64 Å². The zero-order valence-electron chi connectivity index (χ0n) is 16.5. The number of hydrogen-bond acceptors (Lipinski definition) is 6. The van der Waals surface area contributed by atoms with Crippen molar-refractivity contribution < 1.29 is 24.2 Å². The van der Waals surface area contributed by atoms with Gasteiger partial charge >= 0.3 is 6.09 Å². The summed E-state index contributed by atoms with van der Waals surface area (Å²) in [5.41, 5.74) is 0.153. The third-order valence-electron chi connectivity index (χ3n) is 5.83. The summed E-state index contributed by atoms with van der Waals surface area (Å²) >= 11 is 12.6. The molecule has 2 atom stereocenters. The number of ether oxygens (including phenoxy) is 1. The number of rotatable bonds is 1. The van der Waals surface area contributed by atoms with Gasteiger partial charge in [-0.15, -0.1) is 0 Å². The quantitative estimate of drug-likeness (QED) is 0.632. The maximum absolute atomic E-state index is 13.5. The molecule has 2 fully saturated rings. The Morgan fingerprint density at radius 2 is 1.87 bits per heavy atom. The number of likely N-dealkylation sites (N-methyl/N-ethyl adjacent to an activating group) is 1. The summed E-state index contributed by atoms with van der Waals surface area (Å²) in [6.07, 6.45) is -1.04. The van der Waals surface area contributed by atoms with Crippen molar-refractivity contribution in [1.29, 1.82) is 0 Å². The van der Waals surface area contributed by atoms with E-state index in [1.54, 1.807) is 28.7 Å². The van der Waals surface area contributed by atoms with Gasteiger partial charge in [0, 0.05) is 39.8 Å². The molecule has 1 N–H and O–H groups in total. The molecule has 0 radical (unpaired) electrons. The van der Waals surface area contributed by atoms with Gasteiger partial charge in [0.1, 0.15) is 29.1 Å². The molecular weight excluding hydrogens is 437 g/mol. The third-order valence-corrected chi connectivity index (χ3v) is 6.55. The highest BCUT2D eigenvalue weighted by molar-refractivity contribution is 6.42. The van der Waals surface area contributed by atoms with Crippen molar-refractivity contribution in [2.24, 2.45) is 0 Å². The first-order chi connectivity index (χ1) is 14.2. The highest BCUT2D eigenvalue weighted by atomic mass is 35.5. The molecule has 162 valence electrons. The first-order valence-electron chi connectivity index (χ1n) is 9.53. The van der Waals surface area contributed by atoms with Gasteiger partial charge in [0.2, 0.25) is 5.91 Å². The zero-order valence-corrected chi connectivity index (χ0v) is 18.0. The van der Waals surface area contributed by atoms with Gasteiger partial charge in [0.05, 0.1) is 6.04 Å². The lowest BCUT2D eigenvalue weighted by Gasteiger charge is -2.40. The summed E-state index contributed by atoms with van der Waals surface area (Å²) in [6, 6.07) is -1.02. The Morgan fingerprint density at radius 1 is 1.17 bits per heavy atom. The van der Waals surface area contributed by atoms with Crippen LogP contribution in [-0.2, 0) is 4.79 Å². The predicted octanol–water partition coefficient (Wildman–Crippen LogP) is 1.25. The van der Waals surface area contributed by atoms with Gasteiger partial charge in [-0.25, -0.2) is 9.78 Å².